The summed E-state index contributed by atoms with van der Waals surface area (Å²) in [5, 5.41) is 0. The fourth-order valence-electron chi connectivity index (χ4n) is 3.64. The molecule has 33 heavy (non-hydrogen) atoms. The van der Waals surface area contributed by atoms with Crippen LogP contribution in [-0.4, -0.2) is 13.2 Å². The Hall–Kier alpha value is -3.43. The number of methoxy groups -OCH3 is 1. The van der Waals surface area contributed by atoms with E-state index in [-0.39, 0.29) is 6.10 Å². The first-order chi connectivity index (χ1) is 16.2. The molecule has 0 bridgehead atoms. The third-order valence-corrected chi connectivity index (χ3v) is 6.21. The van der Waals surface area contributed by atoms with E-state index < -0.39 is 0 Å². The van der Waals surface area contributed by atoms with E-state index in [1.165, 1.54) is 9.79 Å². The largest absolute Gasteiger partial charge is 0.497 e. The fraction of sp³-hybridized carbons (Fsp3) is 0.133. The molecule has 0 amide bonds. The molecule has 166 valence electrons. The molecule has 0 aliphatic heterocycles. The van der Waals surface area contributed by atoms with Gasteiger partial charge in [0.2, 0.25) is 0 Å². The van der Waals surface area contributed by atoms with Crippen molar-refractivity contribution < 1.29 is 9.47 Å². The van der Waals surface area contributed by atoms with Crippen LogP contribution in [-0.2, 0) is 4.74 Å². The average Bonchev–Trinajstić information content (AvgIpc) is 2.86. The summed E-state index contributed by atoms with van der Waals surface area (Å²) in [5.41, 5.74) is 4.35. The highest BCUT2D eigenvalue weighted by Crippen LogP contribution is 2.40. The molecule has 2 nitrogen and oxygen atoms in total. The van der Waals surface area contributed by atoms with Gasteiger partial charge in [-0.3, -0.25) is 0 Å². The Morgan fingerprint density at radius 3 is 1.91 bits per heavy atom. The zero-order valence-corrected chi connectivity index (χ0v) is 20.0. The lowest BCUT2D eigenvalue weighted by atomic mass is 9.94. The van der Waals surface area contributed by atoms with Crippen molar-refractivity contribution in [3.8, 4) is 5.75 Å². The topological polar surface area (TPSA) is 18.5 Å². The van der Waals surface area contributed by atoms with Crippen LogP contribution < -0.4 is 4.74 Å². The molecule has 0 saturated carbocycles. The fourth-order valence-corrected chi connectivity index (χ4v) is 4.61. The van der Waals surface area contributed by atoms with E-state index >= 15 is 0 Å². The molecule has 4 aromatic rings. The van der Waals surface area contributed by atoms with E-state index in [9.17, 15) is 0 Å². The Balaban J connectivity index is 1.95. The Morgan fingerprint density at radius 2 is 1.27 bits per heavy atom. The standard InChI is InChI=1S/C30H28O2S/c1-22(2)32-30(24-18-20-25(31-3)21-19-24)29(23-12-6-4-7-13-23)27-16-10-11-17-28(27)33-26-14-8-5-9-15-26/h4-22H,1-3H3/b30-29-. The molecule has 0 heterocycles. The highest BCUT2D eigenvalue weighted by Gasteiger charge is 2.20. The lowest BCUT2D eigenvalue weighted by Gasteiger charge is -2.22. The number of hydrogen-bond donors (Lipinski definition) is 0. The van der Waals surface area contributed by atoms with Crippen LogP contribution in [0.4, 0.5) is 0 Å². The summed E-state index contributed by atoms with van der Waals surface area (Å²) in [5.74, 6) is 1.68. The van der Waals surface area contributed by atoms with Crippen LogP contribution >= 0.6 is 11.8 Å². The van der Waals surface area contributed by atoms with Gasteiger partial charge in [0.05, 0.1) is 13.2 Å². The molecule has 0 atom stereocenters. The van der Waals surface area contributed by atoms with E-state index in [0.29, 0.717) is 0 Å². The summed E-state index contributed by atoms with van der Waals surface area (Å²) in [4.78, 5) is 2.38. The number of hydrogen-bond acceptors (Lipinski definition) is 3. The van der Waals surface area contributed by atoms with Crippen molar-refractivity contribution in [1.82, 2.24) is 0 Å². The molecule has 0 aromatic heterocycles. The first kappa shape index (κ1) is 22.8. The van der Waals surface area contributed by atoms with Gasteiger partial charge in [-0.2, -0.15) is 0 Å². The SMILES string of the molecule is COc1ccc(/C(OC(C)C)=C(\c2ccccc2)c2ccccc2Sc2ccccc2)cc1. The molecule has 4 aromatic carbocycles. The van der Waals surface area contributed by atoms with E-state index in [4.69, 9.17) is 9.47 Å². The number of benzene rings is 4. The minimum absolute atomic E-state index is 0.0229. The predicted octanol–water partition coefficient (Wildman–Crippen LogP) is 8.19. The molecule has 4 rings (SSSR count). The van der Waals surface area contributed by atoms with Gasteiger partial charge in [0.15, 0.2) is 0 Å². The lowest BCUT2D eigenvalue weighted by Crippen LogP contribution is -2.06. The highest BCUT2D eigenvalue weighted by molar-refractivity contribution is 7.99. The zero-order valence-electron chi connectivity index (χ0n) is 19.2. The zero-order chi connectivity index (χ0) is 23.0. The third-order valence-electron chi connectivity index (χ3n) is 5.12. The molecule has 0 fully saturated rings. The molecule has 0 radical (unpaired) electrons. The summed E-state index contributed by atoms with van der Waals surface area (Å²) in [7, 11) is 1.68. The van der Waals surface area contributed by atoms with Gasteiger partial charge in [0.25, 0.3) is 0 Å². The van der Waals surface area contributed by atoms with Gasteiger partial charge in [0.1, 0.15) is 11.5 Å². The summed E-state index contributed by atoms with van der Waals surface area (Å²) in [6, 6.07) is 37.6. The van der Waals surface area contributed by atoms with Gasteiger partial charge in [-0.05, 0) is 67.4 Å². The van der Waals surface area contributed by atoms with Crippen LogP contribution in [0.3, 0.4) is 0 Å². The van der Waals surface area contributed by atoms with E-state index in [1.54, 1.807) is 18.9 Å². The maximum Gasteiger partial charge on any atom is 0.135 e. The quantitative estimate of drug-likeness (QED) is 0.198. The minimum atomic E-state index is 0.0229. The molecule has 3 heteroatoms. The van der Waals surface area contributed by atoms with Crippen LogP contribution in [0.1, 0.15) is 30.5 Å². The van der Waals surface area contributed by atoms with Crippen LogP contribution in [0.15, 0.2) is 119 Å². The molecular formula is C30H28O2S. The van der Waals surface area contributed by atoms with Gasteiger partial charge in [0, 0.05) is 20.9 Å². The van der Waals surface area contributed by atoms with E-state index in [2.05, 4.69) is 98.8 Å². The molecule has 0 spiro atoms. The Labute approximate surface area is 200 Å². The summed E-state index contributed by atoms with van der Waals surface area (Å²) < 4.78 is 11.9. The van der Waals surface area contributed by atoms with Crippen LogP contribution in [0, 0.1) is 0 Å². The molecule has 0 saturated heterocycles. The number of rotatable bonds is 8. The number of ether oxygens (including phenoxy) is 2. The van der Waals surface area contributed by atoms with Gasteiger partial charge in [-0.15, -0.1) is 0 Å². The van der Waals surface area contributed by atoms with E-state index in [1.807, 2.05) is 24.3 Å². The average molecular weight is 453 g/mol. The van der Waals surface area contributed by atoms with Gasteiger partial charge < -0.3 is 9.47 Å². The van der Waals surface area contributed by atoms with Crippen molar-refractivity contribution in [2.75, 3.05) is 7.11 Å². The minimum Gasteiger partial charge on any atom is -0.497 e. The first-order valence-corrected chi connectivity index (χ1v) is 11.9. The Morgan fingerprint density at radius 1 is 0.667 bits per heavy atom. The van der Waals surface area contributed by atoms with Crippen molar-refractivity contribution >= 4 is 23.1 Å². The van der Waals surface area contributed by atoms with Gasteiger partial charge in [-0.25, -0.2) is 0 Å². The highest BCUT2D eigenvalue weighted by atomic mass is 32.2. The van der Waals surface area contributed by atoms with Crippen LogP contribution in [0.2, 0.25) is 0 Å². The molecule has 0 aliphatic rings. The Bertz CT molecular complexity index is 1200. The first-order valence-electron chi connectivity index (χ1n) is 11.1. The maximum atomic E-state index is 6.52. The molecule has 0 aliphatic carbocycles. The predicted molar refractivity (Wildman–Crippen MR) is 139 cm³/mol. The maximum absolute atomic E-state index is 6.52. The van der Waals surface area contributed by atoms with Crippen LogP contribution in [0.25, 0.3) is 11.3 Å². The second-order valence-corrected chi connectivity index (χ2v) is 8.99. The normalized spacial score (nSPS) is 11.8. The monoisotopic (exact) mass is 452 g/mol. The van der Waals surface area contributed by atoms with Gasteiger partial charge >= 0.3 is 0 Å². The molecule has 0 N–H and O–H groups in total. The Kier molecular flexibility index (Phi) is 7.54. The third kappa shape index (κ3) is 5.68. The van der Waals surface area contributed by atoms with Crippen molar-refractivity contribution in [2.45, 2.75) is 29.7 Å². The summed E-state index contributed by atoms with van der Waals surface area (Å²) in [6.45, 7) is 4.13. The van der Waals surface area contributed by atoms with Crippen LogP contribution in [0.5, 0.6) is 5.75 Å². The second kappa shape index (κ2) is 10.9. The molecular weight excluding hydrogens is 424 g/mol. The summed E-state index contributed by atoms with van der Waals surface area (Å²) in [6.07, 6.45) is 0.0229. The van der Waals surface area contributed by atoms with E-state index in [0.717, 1.165) is 33.8 Å². The van der Waals surface area contributed by atoms with Crippen molar-refractivity contribution in [3.63, 3.8) is 0 Å². The van der Waals surface area contributed by atoms with Gasteiger partial charge in [-0.1, -0.05) is 78.5 Å². The van der Waals surface area contributed by atoms with Crippen molar-refractivity contribution in [3.05, 3.63) is 126 Å². The molecule has 0 unspecified atom stereocenters. The second-order valence-electron chi connectivity index (χ2n) is 7.88. The van der Waals surface area contributed by atoms with Crippen molar-refractivity contribution in [1.29, 1.82) is 0 Å². The summed E-state index contributed by atoms with van der Waals surface area (Å²) >= 11 is 1.77. The lowest BCUT2D eigenvalue weighted by molar-refractivity contribution is 0.205. The van der Waals surface area contributed by atoms with Crippen molar-refractivity contribution in [2.24, 2.45) is 0 Å². The smallest absolute Gasteiger partial charge is 0.135 e.